The summed E-state index contributed by atoms with van der Waals surface area (Å²) in [6.45, 7) is 0. The molecule has 0 atom stereocenters. The molecule has 0 fully saturated rings. The minimum Gasteiger partial charge on any atom is -0.497 e. The lowest BCUT2D eigenvalue weighted by atomic mass is 10.1. The topological polar surface area (TPSA) is 51.2 Å². The van der Waals surface area contributed by atoms with E-state index in [9.17, 15) is 13.6 Å². The zero-order valence-electron chi connectivity index (χ0n) is 12.4. The van der Waals surface area contributed by atoms with E-state index in [1.807, 2.05) is 0 Å². The number of hydrogen-bond donors (Lipinski definition) is 1. The fraction of sp³-hybridized carbons (Fsp3) is 0.0588. The molecule has 24 heavy (non-hydrogen) atoms. The van der Waals surface area contributed by atoms with Crippen LogP contribution >= 0.6 is 11.6 Å². The molecule has 0 spiro atoms. The van der Waals surface area contributed by atoms with E-state index in [0.717, 1.165) is 12.1 Å². The fourth-order valence-electron chi connectivity index (χ4n) is 2.20. The first-order valence-corrected chi connectivity index (χ1v) is 7.26. The first kappa shape index (κ1) is 16.1. The van der Waals surface area contributed by atoms with Crippen molar-refractivity contribution in [2.75, 3.05) is 12.4 Å². The number of fused-ring (bicyclic) bond motifs is 1. The molecule has 0 saturated carbocycles. The van der Waals surface area contributed by atoms with Crippen molar-refractivity contribution in [3.63, 3.8) is 0 Å². The zero-order valence-corrected chi connectivity index (χ0v) is 13.2. The van der Waals surface area contributed by atoms with E-state index in [1.165, 1.54) is 13.2 Å². The van der Waals surface area contributed by atoms with Crippen LogP contribution in [0.1, 0.15) is 10.4 Å². The number of carbonyl (C=O) groups excluding carboxylic acids is 1. The third-order valence-electron chi connectivity index (χ3n) is 3.40. The summed E-state index contributed by atoms with van der Waals surface area (Å²) in [5, 5.41) is 2.97. The van der Waals surface area contributed by atoms with Gasteiger partial charge in [0.25, 0.3) is 5.91 Å². The lowest BCUT2D eigenvalue weighted by Crippen LogP contribution is -2.14. The van der Waals surface area contributed by atoms with Gasteiger partial charge in [-0.05, 0) is 36.4 Å². The quantitative estimate of drug-likeness (QED) is 0.712. The monoisotopic (exact) mass is 348 g/mol. The van der Waals surface area contributed by atoms with Gasteiger partial charge in [-0.1, -0.05) is 11.6 Å². The van der Waals surface area contributed by atoms with Crippen LogP contribution in [0, 0.1) is 11.6 Å². The molecule has 0 saturated heterocycles. The first-order chi connectivity index (χ1) is 11.5. The maximum Gasteiger partial charge on any atom is 0.258 e. The van der Waals surface area contributed by atoms with Crippen LogP contribution in [-0.4, -0.2) is 18.0 Å². The normalized spacial score (nSPS) is 10.7. The van der Waals surface area contributed by atoms with Crippen molar-refractivity contribution < 1.29 is 18.3 Å². The van der Waals surface area contributed by atoms with E-state index < -0.39 is 17.5 Å². The Morgan fingerprint density at radius 2 is 1.96 bits per heavy atom. The number of rotatable bonds is 3. The average molecular weight is 349 g/mol. The number of benzene rings is 2. The van der Waals surface area contributed by atoms with Crippen LogP contribution in [0.25, 0.3) is 10.9 Å². The Hall–Kier alpha value is -2.73. The van der Waals surface area contributed by atoms with Crippen molar-refractivity contribution >= 4 is 34.1 Å². The van der Waals surface area contributed by atoms with Crippen LogP contribution < -0.4 is 10.1 Å². The predicted molar refractivity (Wildman–Crippen MR) is 87.6 cm³/mol. The number of methoxy groups -OCH3 is 1. The third kappa shape index (κ3) is 3.14. The number of ether oxygens (including phenoxy) is 1. The molecule has 0 aliphatic carbocycles. The number of nitrogens with zero attached hydrogens (tertiary/aromatic N) is 1. The molecule has 1 N–H and O–H groups in total. The van der Waals surface area contributed by atoms with Crippen molar-refractivity contribution in [1.29, 1.82) is 0 Å². The summed E-state index contributed by atoms with van der Waals surface area (Å²) in [5.74, 6) is -1.66. The van der Waals surface area contributed by atoms with E-state index in [4.69, 9.17) is 16.3 Å². The minimum absolute atomic E-state index is 0.0207. The molecule has 7 heteroatoms. The van der Waals surface area contributed by atoms with Crippen molar-refractivity contribution in [3.05, 3.63) is 64.8 Å². The molecular weight excluding hydrogens is 338 g/mol. The highest BCUT2D eigenvalue weighted by Gasteiger charge is 2.15. The molecule has 1 aromatic heterocycles. The Morgan fingerprint density at radius 3 is 2.67 bits per heavy atom. The van der Waals surface area contributed by atoms with E-state index in [1.54, 1.807) is 18.2 Å². The molecule has 1 heterocycles. The highest BCUT2D eigenvalue weighted by molar-refractivity contribution is 6.33. The van der Waals surface area contributed by atoms with E-state index in [0.29, 0.717) is 22.7 Å². The van der Waals surface area contributed by atoms with Crippen LogP contribution in [0.5, 0.6) is 5.75 Å². The van der Waals surface area contributed by atoms with Gasteiger partial charge in [0.15, 0.2) is 0 Å². The molecule has 1 amide bonds. The maximum atomic E-state index is 13.7. The molecule has 0 aliphatic rings. The Morgan fingerprint density at radius 1 is 1.17 bits per heavy atom. The summed E-state index contributed by atoms with van der Waals surface area (Å²) in [6.07, 6.45) is 0. The van der Waals surface area contributed by atoms with Crippen molar-refractivity contribution in [1.82, 2.24) is 4.98 Å². The van der Waals surface area contributed by atoms with E-state index in [2.05, 4.69) is 10.3 Å². The highest BCUT2D eigenvalue weighted by atomic mass is 35.5. The Balaban J connectivity index is 1.98. The van der Waals surface area contributed by atoms with Crippen LogP contribution in [0.3, 0.4) is 0 Å². The minimum atomic E-state index is -0.880. The summed E-state index contributed by atoms with van der Waals surface area (Å²) in [7, 11) is 1.52. The van der Waals surface area contributed by atoms with Gasteiger partial charge >= 0.3 is 0 Å². The zero-order chi connectivity index (χ0) is 17.3. The number of hydrogen-bond acceptors (Lipinski definition) is 3. The molecular formula is C17H11ClF2N2O2. The Labute approximate surface area is 141 Å². The van der Waals surface area contributed by atoms with Gasteiger partial charge < -0.3 is 10.1 Å². The number of nitrogens with one attached hydrogen (secondary N) is 1. The molecule has 0 aliphatic heterocycles. The summed E-state index contributed by atoms with van der Waals surface area (Å²) >= 11 is 6.05. The molecule has 4 nitrogen and oxygen atoms in total. The second-order valence-corrected chi connectivity index (χ2v) is 5.32. The lowest BCUT2D eigenvalue weighted by molar-refractivity contribution is 0.102. The van der Waals surface area contributed by atoms with Crippen molar-refractivity contribution in [2.24, 2.45) is 0 Å². The second kappa shape index (κ2) is 6.41. The van der Waals surface area contributed by atoms with Gasteiger partial charge in [-0.2, -0.15) is 0 Å². The van der Waals surface area contributed by atoms with Gasteiger partial charge in [0.2, 0.25) is 0 Å². The predicted octanol–water partition coefficient (Wildman–Crippen LogP) is 4.43. The first-order valence-electron chi connectivity index (χ1n) is 6.88. The molecule has 3 aromatic rings. The van der Waals surface area contributed by atoms with Gasteiger partial charge in [0, 0.05) is 11.5 Å². The summed E-state index contributed by atoms with van der Waals surface area (Å²) < 4.78 is 31.7. The van der Waals surface area contributed by atoms with Crippen molar-refractivity contribution in [2.45, 2.75) is 0 Å². The van der Waals surface area contributed by atoms with Gasteiger partial charge in [-0.15, -0.1) is 0 Å². The molecule has 122 valence electrons. The third-order valence-corrected chi connectivity index (χ3v) is 3.69. The maximum absolute atomic E-state index is 13.7. The molecule has 0 bridgehead atoms. The van der Waals surface area contributed by atoms with Crippen LogP contribution in [0.15, 0.2) is 42.5 Å². The average Bonchev–Trinajstić information content (AvgIpc) is 2.56. The highest BCUT2D eigenvalue weighted by Crippen LogP contribution is 2.25. The number of aromatic nitrogens is 1. The molecule has 2 aromatic carbocycles. The number of carbonyl (C=O) groups is 1. The van der Waals surface area contributed by atoms with Gasteiger partial charge in [0.1, 0.15) is 22.5 Å². The largest absolute Gasteiger partial charge is 0.497 e. The van der Waals surface area contributed by atoms with Gasteiger partial charge in [0.05, 0.1) is 23.9 Å². The summed E-state index contributed by atoms with van der Waals surface area (Å²) in [5.41, 5.74) is 0.509. The van der Waals surface area contributed by atoms with Gasteiger partial charge in [-0.3, -0.25) is 4.79 Å². The lowest BCUT2D eigenvalue weighted by Gasteiger charge is -2.09. The molecule has 0 unspecified atom stereocenters. The number of pyridine rings is 1. The van der Waals surface area contributed by atoms with Crippen LogP contribution in [0.2, 0.25) is 5.15 Å². The van der Waals surface area contributed by atoms with Crippen molar-refractivity contribution in [3.8, 4) is 5.75 Å². The number of amides is 1. The van der Waals surface area contributed by atoms with E-state index >= 15 is 0 Å². The summed E-state index contributed by atoms with van der Waals surface area (Å²) in [4.78, 5) is 16.5. The Kier molecular flexibility index (Phi) is 4.31. The van der Waals surface area contributed by atoms with Gasteiger partial charge in [-0.25, -0.2) is 13.8 Å². The van der Waals surface area contributed by atoms with Crippen LogP contribution in [-0.2, 0) is 0 Å². The Bertz CT molecular complexity index is 947. The smallest absolute Gasteiger partial charge is 0.258 e. The van der Waals surface area contributed by atoms with E-state index in [-0.39, 0.29) is 16.4 Å². The molecule has 0 radical (unpaired) electrons. The summed E-state index contributed by atoms with van der Waals surface area (Å²) in [6, 6.07) is 9.52. The SMILES string of the molecule is COc1ccc2nc(Cl)c(C(=O)Nc3ccc(F)cc3F)cc2c1. The van der Waals surface area contributed by atoms with Crippen LogP contribution in [0.4, 0.5) is 14.5 Å². The standard InChI is InChI=1S/C17H11ClF2N2O2/c1-24-11-3-5-14-9(6-11)7-12(16(18)21-14)17(23)22-15-4-2-10(19)8-13(15)20/h2-8H,1H3,(H,22,23). The second-order valence-electron chi connectivity index (χ2n) is 4.96. The fourth-order valence-corrected chi connectivity index (χ4v) is 2.43. The number of anilines is 1. The number of halogens is 3. The molecule has 3 rings (SSSR count).